The van der Waals surface area contributed by atoms with Gasteiger partial charge in [0, 0.05) is 32.3 Å². The molecule has 0 aromatic rings. The Morgan fingerprint density at radius 3 is 2.14 bits per heavy atom. The molecule has 0 aromatic heterocycles. The van der Waals surface area contributed by atoms with Crippen LogP contribution in [0.2, 0.25) is 0 Å². The van der Waals surface area contributed by atoms with Crippen molar-refractivity contribution in [2.45, 2.75) is 66.6 Å². The zero-order chi connectivity index (χ0) is 21.0. The molecular formula is C21H28O7. The molecule has 0 aliphatic heterocycles. The molecule has 7 heteroatoms. The van der Waals surface area contributed by atoms with E-state index in [0.717, 1.165) is 18.4 Å². The lowest BCUT2D eigenvalue weighted by atomic mass is 9.49. The van der Waals surface area contributed by atoms with E-state index < -0.39 is 35.5 Å². The molecule has 154 valence electrons. The molecule has 0 heterocycles. The number of rotatable bonds is 4. The Labute approximate surface area is 164 Å². The third-order valence-corrected chi connectivity index (χ3v) is 6.43. The number of carbonyl (C=O) groups is 4. The number of carbonyl (C=O) groups excluding carboxylic acids is 4. The molecule has 2 saturated carbocycles. The summed E-state index contributed by atoms with van der Waals surface area (Å²) in [6.45, 7) is 9.88. The summed E-state index contributed by atoms with van der Waals surface area (Å²) in [4.78, 5) is 48.2. The van der Waals surface area contributed by atoms with Gasteiger partial charge in [-0.15, -0.1) is 0 Å². The van der Waals surface area contributed by atoms with Gasteiger partial charge < -0.3 is 14.2 Å². The summed E-state index contributed by atoms with van der Waals surface area (Å²) < 4.78 is 16.4. The second kappa shape index (κ2) is 6.71. The van der Waals surface area contributed by atoms with Crippen LogP contribution in [0.15, 0.2) is 11.1 Å². The first-order chi connectivity index (χ1) is 12.9. The van der Waals surface area contributed by atoms with E-state index in [-0.39, 0.29) is 29.6 Å². The van der Waals surface area contributed by atoms with E-state index in [9.17, 15) is 19.2 Å². The summed E-state index contributed by atoms with van der Waals surface area (Å²) in [6.07, 6.45) is -0.150. The van der Waals surface area contributed by atoms with Gasteiger partial charge >= 0.3 is 17.9 Å². The van der Waals surface area contributed by atoms with Crippen molar-refractivity contribution in [3.8, 4) is 0 Å². The Morgan fingerprint density at radius 2 is 1.61 bits per heavy atom. The normalized spacial score (nSPS) is 35.4. The fraction of sp³-hybridized carbons (Fsp3) is 0.714. The highest BCUT2D eigenvalue weighted by atomic mass is 16.6. The lowest BCUT2D eigenvalue weighted by molar-refractivity contribution is -0.203. The van der Waals surface area contributed by atoms with Crippen LogP contribution in [0.25, 0.3) is 0 Å². The number of ether oxygens (including phenoxy) is 3. The van der Waals surface area contributed by atoms with Crippen molar-refractivity contribution in [3.05, 3.63) is 11.1 Å². The van der Waals surface area contributed by atoms with Gasteiger partial charge in [0.1, 0.15) is 18.1 Å². The highest BCUT2D eigenvalue weighted by Crippen LogP contribution is 2.64. The molecule has 0 amide bonds. The predicted octanol–water partition coefficient (Wildman–Crippen LogP) is 2.36. The first-order valence-corrected chi connectivity index (χ1v) is 9.64. The fourth-order valence-electron chi connectivity index (χ4n) is 5.62. The maximum Gasteiger partial charge on any atom is 0.303 e. The van der Waals surface area contributed by atoms with Crippen LogP contribution in [0.5, 0.6) is 0 Å². The standard InChI is InChI=1S/C21H28O7/c1-10-14-7-20(5,6)8-15(14)18(27-12(3)23)21(9-26-11(2)22)16(10)17(25)19(21)28-13(4)24/h14-15,18-19H,7-9H2,1-6H3/t14-,15-,18+,19+,21-/m1/s1. The maximum atomic E-state index is 13.0. The summed E-state index contributed by atoms with van der Waals surface area (Å²) in [7, 11) is 0. The van der Waals surface area contributed by atoms with Gasteiger partial charge in [0.2, 0.25) is 5.78 Å². The van der Waals surface area contributed by atoms with Crippen LogP contribution in [0.4, 0.5) is 0 Å². The number of Topliss-reactive ketones (excluding diaryl/α,β-unsaturated/α-hetero) is 1. The minimum atomic E-state index is -1.15. The second-order valence-corrected chi connectivity index (χ2v) is 9.11. The fourth-order valence-corrected chi connectivity index (χ4v) is 5.62. The Morgan fingerprint density at radius 1 is 1.00 bits per heavy atom. The lowest BCUT2D eigenvalue weighted by Gasteiger charge is -2.57. The molecule has 0 N–H and O–H groups in total. The number of fused-ring (bicyclic) bond motifs is 2. The Kier molecular flexibility index (Phi) is 4.92. The van der Waals surface area contributed by atoms with E-state index in [1.165, 1.54) is 20.8 Å². The van der Waals surface area contributed by atoms with Crippen molar-refractivity contribution in [3.63, 3.8) is 0 Å². The topological polar surface area (TPSA) is 96.0 Å². The van der Waals surface area contributed by atoms with Crippen molar-refractivity contribution in [1.82, 2.24) is 0 Å². The van der Waals surface area contributed by atoms with Crippen LogP contribution in [0.1, 0.15) is 54.4 Å². The number of esters is 3. The molecule has 3 aliphatic rings. The second-order valence-electron chi connectivity index (χ2n) is 9.11. The minimum Gasteiger partial charge on any atom is -0.465 e. The van der Waals surface area contributed by atoms with Gasteiger partial charge in [-0.05, 0) is 31.1 Å². The van der Waals surface area contributed by atoms with Crippen LogP contribution < -0.4 is 0 Å². The SMILES string of the molecule is CC(=O)OC[C@@]12C(=C(C)[C@H]3CC(C)(C)C[C@H]3[C@@H]1OC(C)=O)C(=O)[C@@H]2OC(C)=O. The van der Waals surface area contributed by atoms with Crippen molar-refractivity contribution >= 4 is 23.7 Å². The molecule has 5 atom stereocenters. The zero-order valence-corrected chi connectivity index (χ0v) is 17.3. The van der Waals surface area contributed by atoms with Crippen LogP contribution in [-0.2, 0) is 33.4 Å². The third-order valence-electron chi connectivity index (χ3n) is 6.43. The van der Waals surface area contributed by atoms with Crippen LogP contribution in [0, 0.1) is 22.7 Å². The monoisotopic (exact) mass is 392 g/mol. The van der Waals surface area contributed by atoms with Gasteiger partial charge in [0.15, 0.2) is 6.10 Å². The van der Waals surface area contributed by atoms with Gasteiger partial charge in [0.25, 0.3) is 0 Å². The number of ketones is 1. The van der Waals surface area contributed by atoms with E-state index in [4.69, 9.17) is 14.2 Å². The van der Waals surface area contributed by atoms with E-state index in [1.54, 1.807) is 0 Å². The minimum absolute atomic E-state index is 0.0158. The molecule has 0 saturated heterocycles. The summed E-state index contributed by atoms with van der Waals surface area (Å²) in [5.41, 5.74) is 0.290. The largest absolute Gasteiger partial charge is 0.465 e. The molecule has 3 aliphatic carbocycles. The highest BCUT2D eigenvalue weighted by Gasteiger charge is 2.72. The van der Waals surface area contributed by atoms with Crippen LogP contribution in [-0.4, -0.2) is 42.5 Å². The number of hydrogen-bond acceptors (Lipinski definition) is 7. The van der Waals surface area contributed by atoms with Gasteiger partial charge in [-0.1, -0.05) is 19.4 Å². The summed E-state index contributed by atoms with van der Waals surface area (Å²) in [5.74, 6) is -1.82. The summed E-state index contributed by atoms with van der Waals surface area (Å²) in [6, 6.07) is 0. The maximum absolute atomic E-state index is 13.0. The van der Waals surface area contributed by atoms with E-state index in [1.807, 2.05) is 6.92 Å². The van der Waals surface area contributed by atoms with Crippen LogP contribution in [0.3, 0.4) is 0 Å². The molecular weight excluding hydrogens is 364 g/mol. The van der Waals surface area contributed by atoms with Gasteiger partial charge in [-0.3, -0.25) is 19.2 Å². The Bertz CT molecular complexity index is 778. The lowest BCUT2D eigenvalue weighted by Crippen LogP contribution is -2.70. The molecule has 28 heavy (non-hydrogen) atoms. The molecule has 0 bridgehead atoms. The van der Waals surface area contributed by atoms with Crippen LogP contribution >= 0.6 is 0 Å². The number of hydrogen-bond donors (Lipinski definition) is 0. The summed E-state index contributed by atoms with van der Waals surface area (Å²) >= 11 is 0. The van der Waals surface area contributed by atoms with E-state index >= 15 is 0 Å². The smallest absolute Gasteiger partial charge is 0.303 e. The van der Waals surface area contributed by atoms with Gasteiger partial charge in [-0.2, -0.15) is 0 Å². The average Bonchev–Trinajstić information content (AvgIpc) is 2.88. The zero-order valence-electron chi connectivity index (χ0n) is 17.3. The molecule has 0 radical (unpaired) electrons. The Balaban J connectivity index is 2.16. The van der Waals surface area contributed by atoms with Crippen molar-refractivity contribution < 1.29 is 33.4 Å². The molecule has 0 spiro atoms. The summed E-state index contributed by atoms with van der Waals surface area (Å²) in [5, 5.41) is 0. The molecule has 3 rings (SSSR count). The van der Waals surface area contributed by atoms with Gasteiger partial charge in [0.05, 0.1) is 0 Å². The average molecular weight is 392 g/mol. The number of allylic oxidation sites excluding steroid dienone is 1. The quantitative estimate of drug-likeness (QED) is 0.535. The highest BCUT2D eigenvalue weighted by molar-refractivity contribution is 6.10. The van der Waals surface area contributed by atoms with E-state index in [0.29, 0.717) is 5.57 Å². The molecule has 2 fully saturated rings. The first-order valence-electron chi connectivity index (χ1n) is 9.64. The van der Waals surface area contributed by atoms with Crippen molar-refractivity contribution in [2.24, 2.45) is 22.7 Å². The van der Waals surface area contributed by atoms with Crippen molar-refractivity contribution in [2.75, 3.05) is 6.61 Å². The van der Waals surface area contributed by atoms with Crippen molar-refractivity contribution in [1.29, 1.82) is 0 Å². The molecule has 0 unspecified atom stereocenters. The molecule has 7 nitrogen and oxygen atoms in total. The van der Waals surface area contributed by atoms with E-state index in [2.05, 4.69) is 13.8 Å². The first kappa shape index (κ1) is 20.6. The molecule has 0 aromatic carbocycles. The predicted molar refractivity (Wildman–Crippen MR) is 97.9 cm³/mol. The third kappa shape index (κ3) is 3.05. The van der Waals surface area contributed by atoms with Gasteiger partial charge in [-0.25, -0.2) is 0 Å². The Hall–Kier alpha value is -2.18.